The molecule has 0 spiro atoms. The molecule has 2 heteroatoms. The van der Waals surface area contributed by atoms with E-state index in [0.717, 1.165) is 0 Å². The van der Waals surface area contributed by atoms with Gasteiger partial charge in [0.25, 0.3) is 0 Å². The van der Waals surface area contributed by atoms with Crippen LogP contribution >= 0.6 is 11.8 Å². The van der Waals surface area contributed by atoms with E-state index < -0.39 is 0 Å². The molecule has 0 aliphatic rings. The summed E-state index contributed by atoms with van der Waals surface area (Å²) in [6.07, 6.45) is 5.00. The van der Waals surface area contributed by atoms with Crippen LogP contribution in [0.2, 0.25) is 0 Å². The molecule has 0 aromatic carbocycles. The molecular formula is C6H8OS. The molecule has 0 saturated carbocycles. The smallest absolute Gasteiger partial charge is 0.187 e. The van der Waals surface area contributed by atoms with Crippen LogP contribution in [0.5, 0.6) is 0 Å². The van der Waals surface area contributed by atoms with Gasteiger partial charge in [0.15, 0.2) is 5.12 Å². The van der Waals surface area contributed by atoms with E-state index in [9.17, 15) is 4.79 Å². The Morgan fingerprint density at radius 3 is 2.50 bits per heavy atom. The lowest BCUT2D eigenvalue weighted by Crippen LogP contribution is -1.93. The number of thioether (sulfide) groups is 1. The predicted octanol–water partition coefficient (Wildman–Crippen LogP) is 1.29. The van der Waals surface area contributed by atoms with Crippen molar-refractivity contribution in [2.45, 2.75) is 19.1 Å². The van der Waals surface area contributed by atoms with E-state index in [4.69, 9.17) is 6.42 Å². The highest BCUT2D eigenvalue weighted by Gasteiger charge is 1.98. The zero-order valence-electron chi connectivity index (χ0n) is 4.97. The number of hydrogen-bond acceptors (Lipinski definition) is 2. The van der Waals surface area contributed by atoms with E-state index in [-0.39, 0.29) is 10.4 Å². The Bertz CT molecular complexity index is 123. The zero-order valence-corrected chi connectivity index (χ0v) is 5.79. The van der Waals surface area contributed by atoms with Gasteiger partial charge in [-0.05, 0) is 6.92 Å². The van der Waals surface area contributed by atoms with Crippen molar-refractivity contribution in [2.75, 3.05) is 0 Å². The summed E-state index contributed by atoms with van der Waals surface area (Å²) >= 11 is 1.18. The lowest BCUT2D eigenvalue weighted by atomic mass is 10.5. The first kappa shape index (κ1) is 7.58. The highest BCUT2D eigenvalue weighted by molar-refractivity contribution is 8.14. The Morgan fingerprint density at radius 1 is 1.88 bits per heavy atom. The van der Waals surface area contributed by atoms with Crippen LogP contribution in [0.25, 0.3) is 0 Å². The molecule has 0 amide bonds. The third kappa shape index (κ3) is 3.76. The molecule has 0 aliphatic heterocycles. The van der Waals surface area contributed by atoms with Crippen LogP contribution in [0.3, 0.4) is 0 Å². The van der Waals surface area contributed by atoms with Crippen molar-refractivity contribution in [3.8, 4) is 12.3 Å². The topological polar surface area (TPSA) is 17.1 Å². The van der Waals surface area contributed by atoms with E-state index >= 15 is 0 Å². The molecule has 0 aromatic heterocycles. The lowest BCUT2D eigenvalue weighted by molar-refractivity contribution is -0.109. The molecule has 1 atom stereocenters. The van der Waals surface area contributed by atoms with Gasteiger partial charge in [0.2, 0.25) is 0 Å². The molecule has 1 nitrogen and oxygen atoms in total. The van der Waals surface area contributed by atoms with E-state index in [1.807, 2.05) is 6.92 Å². The van der Waals surface area contributed by atoms with Gasteiger partial charge >= 0.3 is 0 Å². The Morgan fingerprint density at radius 2 is 2.38 bits per heavy atom. The molecule has 0 bridgehead atoms. The lowest BCUT2D eigenvalue weighted by Gasteiger charge is -1.95. The molecule has 8 heavy (non-hydrogen) atoms. The Balaban J connectivity index is 3.43. The minimum absolute atomic E-state index is 0.0208. The molecule has 44 valence electrons. The van der Waals surface area contributed by atoms with Gasteiger partial charge in [0.1, 0.15) is 0 Å². The van der Waals surface area contributed by atoms with Gasteiger partial charge < -0.3 is 0 Å². The van der Waals surface area contributed by atoms with Crippen LogP contribution in [-0.2, 0) is 4.79 Å². The summed E-state index contributed by atoms with van der Waals surface area (Å²) in [5, 5.41) is 0.1000. The molecule has 0 radical (unpaired) electrons. The first-order valence-corrected chi connectivity index (χ1v) is 3.18. The van der Waals surface area contributed by atoms with Gasteiger partial charge in [0.05, 0.1) is 5.25 Å². The standard InChI is InChI=1S/C6H8OS/c1-4-5(2)8-6(3)7/h1,5H,2-3H3. The minimum atomic E-state index is 0.0208. The first-order chi connectivity index (χ1) is 3.66. The van der Waals surface area contributed by atoms with Gasteiger partial charge in [-0.3, -0.25) is 4.79 Å². The summed E-state index contributed by atoms with van der Waals surface area (Å²) in [7, 11) is 0. The highest BCUT2D eigenvalue weighted by Crippen LogP contribution is 2.08. The summed E-state index contributed by atoms with van der Waals surface area (Å²) in [5.74, 6) is 2.44. The molecule has 0 fully saturated rings. The molecule has 0 saturated heterocycles. The second-order valence-electron chi connectivity index (χ2n) is 1.42. The predicted molar refractivity (Wildman–Crippen MR) is 36.6 cm³/mol. The Labute approximate surface area is 53.8 Å². The van der Waals surface area contributed by atoms with E-state index in [0.29, 0.717) is 0 Å². The van der Waals surface area contributed by atoms with Crippen LogP contribution in [0.1, 0.15) is 13.8 Å². The quantitative estimate of drug-likeness (QED) is 0.495. The second kappa shape index (κ2) is 3.57. The summed E-state index contributed by atoms with van der Waals surface area (Å²) in [6.45, 7) is 3.34. The van der Waals surface area contributed by atoms with E-state index in [1.54, 1.807) is 0 Å². The fourth-order valence-corrected chi connectivity index (χ4v) is 0.849. The Hall–Kier alpha value is -0.420. The SMILES string of the molecule is C#CC(C)SC(C)=O. The van der Waals surface area contributed by atoms with E-state index in [1.165, 1.54) is 18.7 Å². The van der Waals surface area contributed by atoms with Crippen LogP contribution in [-0.4, -0.2) is 10.4 Å². The van der Waals surface area contributed by atoms with Gasteiger partial charge in [-0.1, -0.05) is 17.7 Å². The number of hydrogen-bond donors (Lipinski definition) is 0. The van der Waals surface area contributed by atoms with Crippen LogP contribution < -0.4 is 0 Å². The van der Waals surface area contributed by atoms with Crippen molar-refractivity contribution in [3.05, 3.63) is 0 Å². The fourth-order valence-electron chi connectivity index (χ4n) is 0.283. The molecule has 0 rings (SSSR count). The zero-order chi connectivity index (χ0) is 6.57. The molecule has 0 aliphatic carbocycles. The third-order valence-electron chi connectivity index (χ3n) is 0.577. The minimum Gasteiger partial charge on any atom is -0.288 e. The highest BCUT2D eigenvalue weighted by atomic mass is 32.2. The number of rotatable bonds is 1. The van der Waals surface area contributed by atoms with Gasteiger partial charge in [-0.25, -0.2) is 0 Å². The normalized spacial score (nSPS) is 12.1. The van der Waals surface area contributed by atoms with Crippen LogP contribution in [0, 0.1) is 12.3 Å². The first-order valence-electron chi connectivity index (χ1n) is 2.30. The summed E-state index contributed by atoms with van der Waals surface area (Å²) in [6, 6.07) is 0. The van der Waals surface area contributed by atoms with Gasteiger partial charge in [0, 0.05) is 6.92 Å². The average Bonchev–Trinajstić information content (AvgIpc) is 1.65. The van der Waals surface area contributed by atoms with Crippen molar-refractivity contribution in [1.29, 1.82) is 0 Å². The number of carbonyl (C=O) groups is 1. The maximum atomic E-state index is 10.3. The van der Waals surface area contributed by atoms with Crippen molar-refractivity contribution in [3.63, 3.8) is 0 Å². The molecule has 1 unspecified atom stereocenters. The van der Waals surface area contributed by atoms with Gasteiger partial charge in [-0.2, -0.15) is 0 Å². The van der Waals surface area contributed by atoms with Crippen molar-refractivity contribution in [2.24, 2.45) is 0 Å². The molecule has 0 heterocycles. The van der Waals surface area contributed by atoms with Crippen LogP contribution in [0.15, 0.2) is 0 Å². The maximum Gasteiger partial charge on any atom is 0.187 e. The monoisotopic (exact) mass is 128 g/mol. The molecular weight excluding hydrogens is 120 g/mol. The fraction of sp³-hybridized carbons (Fsp3) is 0.500. The average molecular weight is 128 g/mol. The van der Waals surface area contributed by atoms with Gasteiger partial charge in [-0.15, -0.1) is 6.42 Å². The largest absolute Gasteiger partial charge is 0.288 e. The summed E-state index contributed by atoms with van der Waals surface area (Å²) < 4.78 is 0. The van der Waals surface area contributed by atoms with Crippen molar-refractivity contribution in [1.82, 2.24) is 0 Å². The number of terminal acetylenes is 1. The Kier molecular flexibility index (Phi) is 3.38. The molecule has 0 aromatic rings. The second-order valence-corrected chi connectivity index (χ2v) is 2.94. The van der Waals surface area contributed by atoms with Crippen molar-refractivity contribution < 1.29 is 4.79 Å². The summed E-state index contributed by atoms with van der Waals surface area (Å²) in [4.78, 5) is 10.3. The third-order valence-corrected chi connectivity index (χ3v) is 1.40. The molecule has 0 N–H and O–H groups in total. The maximum absolute atomic E-state index is 10.3. The van der Waals surface area contributed by atoms with E-state index in [2.05, 4.69) is 5.92 Å². The van der Waals surface area contributed by atoms with Crippen LogP contribution in [0.4, 0.5) is 0 Å². The van der Waals surface area contributed by atoms with Crippen molar-refractivity contribution >= 4 is 16.9 Å². The number of carbonyl (C=O) groups excluding carboxylic acids is 1. The summed E-state index contributed by atoms with van der Waals surface area (Å²) in [5.41, 5.74) is 0.